The van der Waals surface area contributed by atoms with E-state index in [1.807, 2.05) is 30.3 Å². The summed E-state index contributed by atoms with van der Waals surface area (Å²) in [5.74, 6) is -0.964. The normalized spacial score (nSPS) is 17.5. The highest BCUT2D eigenvalue weighted by Gasteiger charge is 2.35. The van der Waals surface area contributed by atoms with Crippen LogP contribution in [-0.4, -0.2) is 55.2 Å². The Bertz CT molecular complexity index is 1160. The number of carbonyl (C=O) groups is 2. The van der Waals surface area contributed by atoms with E-state index in [4.69, 9.17) is 4.74 Å². The average molecular weight is 477 g/mol. The third-order valence-corrected chi connectivity index (χ3v) is 8.72. The minimum absolute atomic E-state index is 0.0379. The number of hydrogen-bond donors (Lipinski definition) is 0. The number of para-hydroxylation sites is 2. The Kier molecular flexibility index (Phi) is 6.59. The van der Waals surface area contributed by atoms with Gasteiger partial charge in [-0.3, -0.25) is 9.59 Å². The molecule has 0 aliphatic carbocycles. The maximum absolute atomic E-state index is 12.9. The maximum atomic E-state index is 12.9. The lowest BCUT2D eigenvalue weighted by Gasteiger charge is -2.28. The first kappa shape index (κ1) is 21.8. The fourth-order valence-electron chi connectivity index (χ4n) is 3.41. The number of esters is 1. The van der Waals surface area contributed by atoms with Crippen LogP contribution in [0.25, 0.3) is 10.2 Å². The highest BCUT2D eigenvalue weighted by atomic mass is 32.2. The number of hydrogen-bond acceptors (Lipinski definition) is 8. The zero-order valence-electron chi connectivity index (χ0n) is 16.5. The van der Waals surface area contributed by atoms with Crippen LogP contribution < -0.4 is 4.90 Å². The van der Waals surface area contributed by atoms with Gasteiger partial charge in [-0.2, -0.15) is 0 Å². The van der Waals surface area contributed by atoms with Gasteiger partial charge in [0.1, 0.15) is 0 Å². The van der Waals surface area contributed by atoms with Crippen LogP contribution in [0.3, 0.4) is 0 Å². The molecule has 3 aromatic rings. The number of rotatable bonds is 7. The molecule has 7 nitrogen and oxygen atoms in total. The summed E-state index contributed by atoms with van der Waals surface area (Å²) in [6, 6.07) is 16.1. The van der Waals surface area contributed by atoms with Crippen molar-refractivity contribution in [2.24, 2.45) is 0 Å². The monoisotopic (exact) mass is 476 g/mol. The average Bonchev–Trinajstić information content (AvgIpc) is 3.34. The lowest BCUT2D eigenvalue weighted by molar-refractivity contribution is -0.145. The van der Waals surface area contributed by atoms with Gasteiger partial charge in [0, 0.05) is 5.69 Å². The van der Waals surface area contributed by atoms with Gasteiger partial charge in [0.05, 0.1) is 33.5 Å². The molecule has 0 saturated carbocycles. The summed E-state index contributed by atoms with van der Waals surface area (Å²) >= 11 is 2.76. The quantitative estimate of drug-likeness (QED) is 0.382. The molecule has 1 amide bonds. The molecule has 0 bridgehead atoms. The molecular weight excluding hydrogens is 456 g/mol. The number of benzene rings is 2. The van der Waals surface area contributed by atoms with Gasteiger partial charge >= 0.3 is 5.97 Å². The van der Waals surface area contributed by atoms with E-state index in [9.17, 15) is 18.0 Å². The van der Waals surface area contributed by atoms with Crippen molar-refractivity contribution in [2.45, 2.75) is 16.8 Å². The smallest absolute Gasteiger partial charge is 0.316 e. The molecule has 0 N–H and O–H groups in total. The Morgan fingerprint density at radius 1 is 1.13 bits per heavy atom. The van der Waals surface area contributed by atoms with Crippen LogP contribution in [0.4, 0.5) is 5.69 Å². The number of thiazole rings is 1. The lowest BCUT2D eigenvalue weighted by Crippen LogP contribution is -2.43. The van der Waals surface area contributed by atoms with Crippen LogP contribution in [0.2, 0.25) is 0 Å². The molecule has 1 aliphatic heterocycles. The van der Waals surface area contributed by atoms with E-state index in [0.717, 1.165) is 14.6 Å². The molecule has 10 heteroatoms. The number of fused-ring (bicyclic) bond motifs is 1. The van der Waals surface area contributed by atoms with E-state index in [0.29, 0.717) is 12.1 Å². The highest BCUT2D eigenvalue weighted by molar-refractivity contribution is 8.01. The third-order valence-electron chi connectivity index (χ3n) is 4.82. The summed E-state index contributed by atoms with van der Waals surface area (Å²) in [7, 11) is -3.17. The second-order valence-electron chi connectivity index (χ2n) is 7.05. The minimum atomic E-state index is -3.17. The summed E-state index contributed by atoms with van der Waals surface area (Å²) in [4.78, 5) is 31.0. The minimum Gasteiger partial charge on any atom is -0.455 e. The number of amides is 1. The van der Waals surface area contributed by atoms with E-state index in [1.165, 1.54) is 28.0 Å². The summed E-state index contributed by atoms with van der Waals surface area (Å²) < 4.78 is 30.8. The van der Waals surface area contributed by atoms with Gasteiger partial charge in [-0.25, -0.2) is 13.4 Å². The van der Waals surface area contributed by atoms with Crippen molar-refractivity contribution in [2.75, 3.05) is 28.8 Å². The maximum Gasteiger partial charge on any atom is 0.316 e. The number of thioether (sulfide) groups is 1. The Hall–Kier alpha value is -2.43. The first-order chi connectivity index (χ1) is 14.9. The van der Waals surface area contributed by atoms with Crippen LogP contribution in [-0.2, 0) is 24.2 Å². The predicted octanol–water partition coefficient (Wildman–Crippen LogP) is 3.15. The van der Waals surface area contributed by atoms with Crippen LogP contribution >= 0.6 is 23.1 Å². The molecule has 0 radical (unpaired) electrons. The van der Waals surface area contributed by atoms with E-state index in [1.54, 1.807) is 24.3 Å². The van der Waals surface area contributed by atoms with Gasteiger partial charge in [-0.05, 0) is 30.7 Å². The molecular formula is C21H20N2O5S3. The van der Waals surface area contributed by atoms with Crippen LogP contribution in [0.15, 0.2) is 58.9 Å². The van der Waals surface area contributed by atoms with Crippen LogP contribution in [0.1, 0.15) is 6.42 Å². The molecule has 2 aromatic carbocycles. The second-order valence-corrected chi connectivity index (χ2v) is 11.5. The topological polar surface area (TPSA) is 93.6 Å². The van der Waals surface area contributed by atoms with Crippen molar-refractivity contribution in [3.05, 3.63) is 54.6 Å². The van der Waals surface area contributed by atoms with Crippen LogP contribution in [0, 0.1) is 0 Å². The molecule has 2 heterocycles. The Morgan fingerprint density at radius 3 is 2.58 bits per heavy atom. The molecule has 162 valence electrons. The summed E-state index contributed by atoms with van der Waals surface area (Å²) in [5, 5.41) is 0. The molecule has 1 aliphatic rings. The first-order valence-electron chi connectivity index (χ1n) is 9.63. The van der Waals surface area contributed by atoms with Gasteiger partial charge < -0.3 is 9.64 Å². The van der Waals surface area contributed by atoms with Crippen molar-refractivity contribution >= 4 is 60.7 Å². The standard InChI is InChI=1S/C21H20N2O5S3/c24-19(23(15-6-2-1-3-7-15)16-10-11-31(26,27)14-16)12-28-20(25)13-29-21-22-17-8-4-5-9-18(17)30-21/h1-9,16H,10-14H2. The lowest BCUT2D eigenvalue weighted by atomic mass is 10.2. The first-order valence-corrected chi connectivity index (χ1v) is 13.3. The van der Waals surface area contributed by atoms with Gasteiger partial charge in [0.15, 0.2) is 20.8 Å². The second kappa shape index (κ2) is 9.37. The molecule has 1 unspecified atom stereocenters. The summed E-state index contributed by atoms with van der Waals surface area (Å²) in [6.45, 7) is -0.440. The number of nitrogens with zero attached hydrogens (tertiary/aromatic N) is 2. The highest BCUT2D eigenvalue weighted by Crippen LogP contribution is 2.29. The van der Waals surface area contributed by atoms with Gasteiger partial charge in [0.2, 0.25) is 0 Å². The van der Waals surface area contributed by atoms with E-state index >= 15 is 0 Å². The molecule has 4 rings (SSSR count). The van der Waals surface area contributed by atoms with Gasteiger partial charge in [-0.15, -0.1) is 11.3 Å². The SMILES string of the molecule is O=C(CSc1nc2ccccc2s1)OCC(=O)N(c1ccccc1)C1CCS(=O)(=O)C1. The largest absolute Gasteiger partial charge is 0.455 e. The fourth-order valence-corrected chi connectivity index (χ4v) is 6.98. The predicted molar refractivity (Wildman–Crippen MR) is 122 cm³/mol. The molecule has 1 fully saturated rings. The molecule has 1 aromatic heterocycles. The van der Waals surface area contributed by atoms with Crippen molar-refractivity contribution in [1.29, 1.82) is 0 Å². The summed E-state index contributed by atoms with van der Waals surface area (Å²) in [6.07, 6.45) is 0.365. The Labute approximate surface area is 188 Å². The number of ether oxygens (including phenoxy) is 1. The van der Waals surface area contributed by atoms with Crippen molar-refractivity contribution in [3.63, 3.8) is 0 Å². The number of anilines is 1. The number of sulfone groups is 1. The van der Waals surface area contributed by atoms with E-state index in [-0.39, 0.29) is 17.3 Å². The van der Waals surface area contributed by atoms with E-state index in [2.05, 4.69) is 4.98 Å². The molecule has 31 heavy (non-hydrogen) atoms. The van der Waals surface area contributed by atoms with Gasteiger partial charge in [-0.1, -0.05) is 42.1 Å². The van der Waals surface area contributed by atoms with Crippen LogP contribution in [0.5, 0.6) is 0 Å². The molecule has 1 atom stereocenters. The number of carbonyl (C=O) groups excluding carboxylic acids is 2. The summed E-state index contributed by atoms with van der Waals surface area (Å²) in [5.41, 5.74) is 1.47. The zero-order chi connectivity index (χ0) is 21.8. The van der Waals surface area contributed by atoms with Gasteiger partial charge in [0.25, 0.3) is 5.91 Å². The zero-order valence-corrected chi connectivity index (χ0v) is 18.9. The van der Waals surface area contributed by atoms with E-state index < -0.39 is 34.4 Å². The fraction of sp³-hybridized carbons (Fsp3) is 0.286. The van der Waals surface area contributed by atoms with Crippen molar-refractivity contribution in [1.82, 2.24) is 4.98 Å². The third kappa shape index (κ3) is 5.44. The number of aromatic nitrogens is 1. The molecule has 0 spiro atoms. The Balaban J connectivity index is 1.36. The Morgan fingerprint density at radius 2 is 1.87 bits per heavy atom. The van der Waals surface area contributed by atoms with Crippen molar-refractivity contribution in [3.8, 4) is 0 Å². The van der Waals surface area contributed by atoms with Crippen molar-refractivity contribution < 1.29 is 22.7 Å². The molecule has 1 saturated heterocycles.